The fourth-order valence-electron chi connectivity index (χ4n) is 1.80. The van der Waals surface area contributed by atoms with Crippen LogP contribution in [0, 0.1) is 0 Å². The Hall–Kier alpha value is -2.21. The predicted molar refractivity (Wildman–Crippen MR) is 81.9 cm³/mol. The molecule has 2 rings (SSSR count). The summed E-state index contributed by atoms with van der Waals surface area (Å²) in [5, 5.41) is 14.2. The van der Waals surface area contributed by atoms with Crippen molar-refractivity contribution in [3.63, 3.8) is 0 Å². The molecule has 0 spiro atoms. The smallest absolute Gasteiger partial charge is 0.307 e. The summed E-state index contributed by atoms with van der Waals surface area (Å²) >= 11 is 1.45. The van der Waals surface area contributed by atoms with E-state index in [-0.39, 0.29) is 18.2 Å². The highest BCUT2D eigenvalue weighted by Gasteiger charge is 2.14. The van der Waals surface area contributed by atoms with E-state index in [1.165, 1.54) is 11.3 Å². The van der Waals surface area contributed by atoms with E-state index >= 15 is 0 Å². The number of nitrogens with one attached hydrogen (secondary N) is 1. The first-order chi connectivity index (χ1) is 9.97. The number of carbonyl (C=O) groups excluding carboxylic acids is 1. The number of benzene rings is 1. The average Bonchev–Trinajstić information content (AvgIpc) is 2.90. The molecule has 0 aliphatic heterocycles. The van der Waals surface area contributed by atoms with Crippen molar-refractivity contribution in [2.45, 2.75) is 26.2 Å². The summed E-state index contributed by atoms with van der Waals surface area (Å²) in [6.07, 6.45) is -0.134. The fourth-order valence-corrected chi connectivity index (χ4v) is 2.62. The number of hydrogen-bond acceptors (Lipinski definition) is 4. The molecular weight excluding hydrogens is 288 g/mol. The number of anilines is 1. The summed E-state index contributed by atoms with van der Waals surface area (Å²) in [4.78, 5) is 27.3. The fraction of sp³-hybridized carbons (Fsp3) is 0.267. The minimum atomic E-state index is -0.938. The van der Waals surface area contributed by atoms with Crippen molar-refractivity contribution < 1.29 is 14.7 Å². The van der Waals surface area contributed by atoms with E-state index in [0.29, 0.717) is 16.9 Å². The first-order valence-electron chi connectivity index (χ1n) is 6.54. The normalized spacial score (nSPS) is 10.6. The summed E-state index contributed by atoms with van der Waals surface area (Å²) in [7, 11) is 0. The first-order valence-corrected chi connectivity index (χ1v) is 7.42. The summed E-state index contributed by atoms with van der Waals surface area (Å²) in [6.45, 7) is 4.03. The second-order valence-electron chi connectivity index (χ2n) is 4.91. The first kappa shape index (κ1) is 15.2. The van der Waals surface area contributed by atoms with E-state index in [0.717, 1.165) is 5.01 Å². The lowest BCUT2D eigenvalue weighted by Crippen LogP contribution is -2.15. The van der Waals surface area contributed by atoms with E-state index in [9.17, 15) is 9.59 Å². The van der Waals surface area contributed by atoms with E-state index in [1.54, 1.807) is 29.6 Å². The Morgan fingerprint density at radius 1 is 1.33 bits per heavy atom. The van der Waals surface area contributed by atoms with Gasteiger partial charge in [0.25, 0.3) is 5.91 Å². The van der Waals surface area contributed by atoms with Crippen LogP contribution in [-0.2, 0) is 11.2 Å². The molecule has 0 fully saturated rings. The second kappa shape index (κ2) is 6.49. The van der Waals surface area contributed by atoms with Crippen molar-refractivity contribution in [1.82, 2.24) is 4.98 Å². The van der Waals surface area contributed by atoms with E-state index < -0.39 is 5.97 Å². The molecule has 0 atom stereocenters. The molecule has 0 radical (unpaired) electrons. The van der Waals surface area contributed by atoms with Gasteiger partial charge in [0.2, 0.25) is 0 Å². The van der Waals surface area contributed by atoms with Gasteiger partial charge < -0.3 is 10.4 Å². The molecule has 1 aromatic carbocycles. The van der Waals surface area contributed by atoms with Crippen LogP contribution in [0.3, 0.4) is 0 Å². The number of carbonyl (C=O) groups is 2. The zero-order valence-corrected chi connectivity index (χ0v) is 12.6. The van der Waals surface area contributed by atoms with E-state index in [4.69, 9.17) is 5.11 Å². The third-order valence-electron chi connectivity index (χ3n) is 2.86. The molecule has 2 aromatic rings. The third kappa shape index (κ3) is 3.88. The molecule has 0 unspecified atom stereocenters. The SMILES string of the molecule is CC(C)c1nc(C(=O)Nc2ccccc2CC(=O)O)cs1. The van der Waals surface area contributed by atoms with Crippen LogP contribution in [-0.4, -0.2) is 22.0 Å². The Morgan fingerprint density at radius 2 is 2.05 bits per heavy atom. The zero-order valence-electron chi connectivity index (χ0n) is 11.8. The molecule has 6 heteroatoms. The van der Waals surface area contributed by atoms with Crippen LogP contribution in [0.25, 0.3) is 0 Å². The Morgan fingerprint density at radius 3 is 2.67 bits per heavy atom. The maximum absolute atomic E-state index is 12.2. The number of hydrogen-bond donors (Lipinski definition) is 2. The van der Waals surface area contributed by atoms with E-state index in [1.807, 2.05) is 13.8 Å². The van der Waals surface area contributed by atoms with Crippen molar-refractivity contribution in [2.75, 3.05) is 5.32 Å². The molecule has 21 heavy (non-hydrogen) atoms. The van der Waals surface area contributed by atoms with Gasteiger partial charge >= 0.3 is 5.97 Å². The number of para-hydroxylation sites is 1. The Balaban J connectivity index is 2.17. The lowest BCUT2D eigenvalue weighted by Gasteiger charge is -2.08. The standard InChI is InChI=1S/C15H16N2O3S/c1-9(2)15-17-12(8-21-15)14(20)16-11-6-4-3-5-10(11)7-13(18)19/h3-6,8-9H,7H2,1-2H3,(H,16,20)(H,18,19). The van der Waals surface area contributed by atoms with Gasteiger partial charge in [0.05, 0.1) is 11.4 Å². The maximum atomic E-state index is 12.2. The summed E-state index contributed by atoms with van der Waals surface area (Å²) in [5.74, 6) is -0.987. The zero-order chi connectivity index (χ0) is 15.4. The number of carboxylic acid groups (broad SMARTS) is 1. The molecular formula is C15H16N2O3S. The number of carboxylic acids is 1. The molecule has 1 amide bonds. The molecule has 0 saturated carbocycles. The molecule has 0 saturated heterocycles. The van der Waals surface area contributed by atoms with Gasteiger partial charge in [-0.1, -0.05) is 32.0 Å². The molecule has 110 valence electrons. The lowest BCUT2D eigenvalue weighted by molar-refractivity contribution is -0.136. The van der Waals surface area contributed by atoms with Gasteiger partial charge in [-0.3, -0.25) is 9.59 Å². The number of nitrogens with zero attached hydrogens (tertiary/aromatic N) is 1. The van der Waals surface area contributed by atoms with Crippen LogP contribution < -0.4 is 5.32 Å². The minimum absolute atomic E-state index is 0.134. The topological polar surface area (TPSA) is 79.3 Å². The number of aromatic nitrogens is 1. The van der Waals surface area contributed by atoms with Gasteiger partial charge in [-0.15, -0.1) is 11.3 Å². The number of rotatable bonds is 5. The Bertz CT molecular complexity index is 664. The second-order valence-corrected chi connectivity index (χ2v) is 5.80. The largest absolute Gasteiger partial charge is 0.481 e. The summed E-state index contributed by atoms with van der Waals surface area (Å²) < 4.78 is 0. The number of thiazole rings is 1. The van der Waals surface area contributed by atoms with Crippen LogP contribution in [0.1, 0.15) is 40.8 Å². The van der Waals surface area contributed by atoms with Crippen LogP contribution >= 0.6 is 11.3 Å². The Kier molecular flexibility index (Phi) is 4.70. The summed E-state index contributed by atoms with van der Waals surface area (Å²) in [6, 6.07) is 6.87. The van der Waals surface area contributed by atoms with Gasteiger partial charge in [0, 0.05) is 17.0 Å². The highest BCUT2D eigenvalue weighted by molar-refractivity contribution is 7.09. The summed E-state index contributed by atoms with van der Waals surface area (Å²) in [5.41, 5.74) is 1.43. The van der Waals surface area contributed by atoms with Crippen molar-refractivity contribution >= 4 is 28.9 Å². The van der Waals surface area contributed by atoms with Crippen molar-refractivity contribution in [1.29, 1.82) is 0 Å². The van der Waals surface area contributed by atoms with Gasteiger partial charge in [-0.25, -0.2) is 4.98 Å². The van der Waals surface area contributed by atoms with Gasteiger partial charge in [-0.05, 0) is 11.6 Å². The molecule has 0 aliphatic rings. The van der Waals surface area contributed by atoms with Crippen LogP contribution in [0.5, 0.6) is 0 Å². The predicted octanol–water partition coefficient (Wildman–Crippen LogP) is 3.15. The molecule has 2 N–H and O–H groups in total. The van der Waals surface area contributed by atoms with Crippen molar-refractivity contribution in [3.05, 3.63) is 45.9 Å². The number of aliphatic carboxylic acids is 1. The van der Waals surface area contributed by atoms with Crippen molar-refractivity contribution in [2.24, 2.45) is 0 Å². The quantitative estimate of drug-likeness (QED) is 0.889. The highest BCUT2D eigenvalue weighted by atomic mass is 32.1. The molecule has 1 heterocycles. The van der Waals surface area contributed by atoms with Crippen LogP contribution in [0.2, 0.25) is 0 Å². The van der Waals surface area contributed by atoms with Gasteiger partial charge in [0.15, 0.2) is 0 Å². The molecule has 0 aliphatic carbocycles. The van der Waals surface area contributed by atoms with E-state index in [2.05, 4.69) is 10.3 Å². The maximum Gasteiger partial charge on any atom is 0.307 e. The molecule has 0 bridgehead atoms. The van der Waals surface area contributed by atoms with Crippen LogP contribution in [0.15, 0.2) is 29.6 Å². The Labute approximate surface area is 126 Å². The van der Waals surface area contributed by atoms with Crippen molar-refractivity contribution in [3.8, 4) is 0 Å². The van der Waals surface area contributed by atoms with Gasteiger partial charge in [0.1, 0.15) is 5.69 Å². The number of amides is 1. The average molecular weight is 304 g/mol. The van der Waals surface area contributed by atoms with Crippen LogP contribution in [0.4, 0.5) is 5.69 Å². The lowest BCUT2D eigenvalue weighted by atomic mass is 10.1. The molecule has 5 nitrogen and oxygen atoms in total. The van der Waals surface area contributed by atoms with Gasteiger partial charge in [-0.2, -0.15) is 0 Å². The third-order valence-corrected chi connectivity index (χ3v) is 4.00. The monoisotopic (exact) mass is 304 g/mol. The highest BCUT2D eigenvalue weighted by Crippen LogP contribution is 2.21. The molecule has 1 aromatic heterocycles. The minimum Gasteiger partial charge on any atom is -0.481 e.